The Morgan fingerprint density at radius 2 is 2.06 bits per heavy atom. The quantitative estimate of drug-likeness (QED) is 0.544. The predicted molar refractivity (Wildman–Crippen MR) is 132 cm³/mol. The molecule has 2 aliphatic heterocycles. The minimum atomic E-state index is -1.61. The molecule has 0 saturated carbocycles. The third kappa shape index (κ3) is 5.26. The van der Waals surface area contributed by atoms with Crippen molar-refractivity contribution in [2.75, 3.05) is 68.0 Å². The van der Waals surface area contributed by atoms with Crippen LogP contribution in [0.1, 0.15) is 6.92 Å². The van der Waals surface area contributed by atoms with Gasteiger partial charge >= 0.3 is 0 Å². The lowest BCUT2D eigenvalue weighted by molar-refractivity contribution is 0.232. The number of hydrogen-bond donors (Lipinski definition) is 2. The van der Waals surface area contributed by atoms with Gasteiger partial charge in [0.05, 0.1) is 31.8 Å². The lowest BCUT2D eigenvalue weighted by atomic mass is 10.1. The number of oxazole rings is 1. The molecule has 2 N–H and O–H groups in total. The average molecular weight is 487 g/mol. The van der Waals surface area contributed by atoms with Crippen molar-refractivity contribution < 1.29 is 18.1 Å². The zero-order chi connectivity index (χ0) is 24.1. The third-order valence-electron chi connectivity index (χ3n) is 5.77. The van der Waals surface area contributed by atoms with Crippen molar-refractivity contribution in [3.05, 3.63) is 60.0 Å². The molecule has 4 rings (SSSR count). The van der Waals surface area contributed by atoms with Crippen molar-refractivity contribution in [2.24, 2.45) is 0 Å². The Bertz CT molecular complexity index is 1120. The number of hydrogen-bond acceptors (Lipinski definition) is 9. The number of ether oxygens (including phenoxy) is 2. The Kier molecular flexibility index (Phi) is 7.53. The van der Waals surface area contributed by atoms with Crippen LogP contribution in [0.25, 0.3) is 0 Å². The van der Waals surface area contributed by atoms with Crippen LogP contribution in [0.15, 0.2) is 69.5 Å². The maximum absolute atomic E-state index is 13.0. The van der Waals surface area contributed by atoms with Crippen molar-refractivity contribution in [3.8, 4) is 0 Å². The molecule has 0 aromatic carbocycles. The van der Waals surface area contributed by atoms with Gasteiger partial charge in [0.1, 0.15) is 12.0 Å². The first kappa shape index (κ1) is 23.8. The summed E-state index contributed by atoms with van der Waals surface area (Å²) in [6, 6.07) is 2.31. The zero-order valence-electron chi connectivity index (χ0n) is 19.7. The van der Waals surface area contributed by atoms with E-state index in [-0.39, 0.29) is 0 Å². The second kappa shape index (κ2) is 10.7. The van der Waals surface area contributed by atoms with Crippen LogP contribution < -0.4 is 19.8 Å². The molecule has 2 aromatic rings. The summed E-state index contributed by atoms with van der Waals surface area (Å²) in [5.41, 5.74) is 3.57. The third-order valence-corrected chi connectivity index (χ3v) is 6.74. The van der Waals surface area contributed by atoms with Crippen molar-refractivity contribution >= 4 is 28.4 Å². The highest BCUT2D eigenvalue weighted by atomic mass is 32.2. The Labute approximate surface area is 201 Å². The Morgan fingerprint density at radius 1 is 1.26 bits per heavy atom. The fraction of sp³-hybridized carbons (Fsp3) is 0.391. The van der Waals surface area contributed by atoms with Crippen LogP contribution >= 0.6 is 0 Å². The molecule has 2 aromatic heterocycles. The van der Waals surface area contributed by atoms with Crippen molar-refractivity contribution in [1.29, 1.82) is 0 Å². The first-order valence-electron chi connectivity index (χ1n) is 11.0. The number of aromatic nitrogens is 2. The standard InChI is InChI=1S/C23H30N6O4S/c1-16-13-29(14-18(16)11-21(32-4)17(2)31-3)23-26-22(15-33-23)34(30)27-19-12-25-6-5-20(19)28-9-7-24-8-10-28/h5-6,11-12,15,24,27H,1,7-10,13-14H2,2-4H3. The van der Waals surface area contributed by atoms with E-state index in [1.807, 2.05) is 24.0 Å². The SMILES string of the molecule is C=C1CN(c2nc(S(=O)Nc3cnccc3N3CCNCC3)co2)CC1=CC(OC)=C(C)OC. The van der Waals surface area contributed by atoms with Crippen molar-refractivity contribution in [1.82, 2.24) is 15.3 Å². The highest BCUT2D eigenvalue weighted by Crippen LogP contribution is 2.29. The Balaban J connectivity index is 1.46. The van der Waals surface area contributed by atoms with E-state index in [1.165, 1.54) is 6.26 Å². The molecule has 182 valence electrons. The molecule has 2 aliphatic rings. The van der Waals surface area contributed by atoms with Crippen molar-refractivity contribution in [2.45, 2.75) is 11.9 Å². The normalized spacial score (nSPS) is 19.3. The fourth-order valence-electron chi connectivity index (χ4n) is 3.83. The van der Waals surface area contributed by atoms with Gasteiger partial charge in [-0.05, 0) is 30.2 Å². The second-order valence-corrected chi connectivity index (χ2v) is 9.09. The van der Waals surface area contributed by atoms with Crippen LogP contribution in [0.4, 0.5) is 17.4 Å². The van der Waals surface area contributed by atoms with Gasteiger partial charge in [-0.1, -0.05) is 6.58 Å². The van der Waals surface area contributed by atoms with E-state index < -0.39 is 11.0 Å². The Morgan fingerprint density at radius 3 is 2.79 bits per heavy atom. The molecule has 1 atom stereocenters. The summed E-state index contributed by atoms with van der Waals surface area (Å²) in [6.45, 7) is 10.6. The number of nitrogens with zero attached hydrogens (tertiary/aromatic N) is 4. The predicted octanol–water partition coefficient (Wildman–Crippen LogP) is 2.44. The number of nitrogens with one attached hydrogen (secondary N) is 2. The number of methoxy groups -OCH3 is 2. The molecule has 0 amide bonds. The summed E-state index contributed by atoms with van der Waals surface area (Å²) < 4.78 is 32.4. The molecule has 0 aliphatic carbocycles. The van der Waals surface area contributed by atoms with Gasteiger partial charge in [-0.15, -0.1) is 0 Å². The number of rotatable bonds is 8. The molecule has 0 spiro atoms. The van der Waals surface area contributed by atoms with E-state index in [9.17, 15) is 4.21 Å². The molecular weight excluding hydrogens is 456 g/mol. The molecule has 1 unspecified atom stereocenters. The first-order valence-corrected chi connectivity index (χ1v) is 12.1. The van der Waals surface area contributed by atoms with Gasteiger partial charge in [-0.2, -0.15) is 4.98 Å². The van der Waals surface area contributed by atoms with Gasteiger partial charge in [-0.3, -0.25) is 9.71 Å². The second-order valence-electron chi connectivity index (χ2n) is 7.93. The molecule has 4 heterocycles. The van der Waals surface area contributed by atoms with E-state index in [0.29, 0.717) is 41.3 Å². The Hall–Kier alpha value is -3.31. The number of piperazine rings is 1. The van der Waals surface area contributed by atoms with E-state index in [1.54, 1.807) is 26.6 Å². The maximum atomic E-state index is 13.0. The van der Waals surface area contributed by atoms with Crippen LogP contribution in [-0.2, 0) is 20.5 Å². The molecule has 0 radical (unpaired) electrons. The molecule has 0 bridgehead atoms. The van der Waals surface area contributed by atoms with Gasteiger partial charge in [0.25, 0.3) is 6.01 Å². The van der Waals surface area contributed by atoms with Crippen LogP contribution in [-0.4, -0.2) is 67.7 Å². The topological polar surface area (TPSA) is 105 Å². The summed E-state index contributed by atoms with van der Waals surface area (Å²) in [4.78, 5) is 12.8. The number of anilines is 3. The fourth-order valence-corrected chi connectivity index (χ4v) is 4.59. The lowest BCUT2D eigenvalue weighted by Crippen LogP contribution is -2.43. The van der Waals surface area contributed by atoms with Crippen LogP contribution in [0.2, 0.25) is 0 Å². The van der Waals surface area contributed by atoms with E-state index >= 15 is 0 Å². The average Bonchev–Trinajstić information content (AvgIpc) is 3.50. The van der Waals surface area contributed by atoms with Crippen LogP contribution in [0.3, 0.4) is 0 Å². The van der Waals surface area contributed by atoms with Crippen LogP contribution in [0.5, 0.6) is 0 Å². The molecule has 2 fully saturated rings. The van der Waals surface area contributed by atoms with Crippen molar-refractivity contribution in [3.63, 3.8) is 0 Å². The monoisotopic (exact) mass is 486 g/mol. The largest absolute Gasteiger partial charge is 0.498 e. The lowest BCUT2D eigenvalue weighted by Gasteiger charge is -2.30. The van der Waals surface area contributed by atoms with Gasteiger partial charge in [0, 0.05) is 45.5 Å². The summed E-state index contributed by atoms with van der Waals surface area (Å²) in [5.74, 6) is 1.31. The molecule has 11 heteroatoms. The first-order chi connectivity index (χ1) is 16.5. The minimum Gasteiger partial charge on any atom is -0.498 e. The summed E-state index contributed by atoms with van der Waals surface area (Å²) >= 11 is 0. The zero-order valence-corrected chi connectivity index (χ0v) is 20.5. The highest BCUT2D eigenvalue weighted by Gasteiger charge is 2.26. The maximum Gasteiger partial charge on any atom is 0.299 e. The molecule has 34 heavy (non-hydrogen) atoms. The van der Waals surface area contributed by atoms with Gasteiger partial charge in [0.2, 0.25) is 0 Å². The summed E-state index contributed by atoms with van der Waals surface area (Å²) in [6.07, 6.45) is 6.74. The highest BCUT2D eigenvalue weighted by molar-refractivity contribution is 7.86. The van der Waals surface area contributed by atoms with Gasteiger partial charge in [-0.25, -0.2) is 4.21 Å². The molecule has 10 nitrogen and oxygen atoms in total. The number of pyridine rings is 1. The molecule has 2 saturated heterocycles. The summed E-state index contributed by atoms with van der Waals surface area (Å²) in [7, 11) is 1.59. The number of allylic oxidation sites excluding steroid dienone is 2. The van der Waals surface area contributed by atoms with E-state index in [0.717, 1.165) is 43.0 Å². The van der Waals surface area contributed by atoms with Gasteiger partial charge in [0.15, 0.2) is 21.8 Å². The minimum absolute atomic E-state index is 0.306. The van der Waals surface area contributed by atoms with E-state index in [2.05, 4.69) is 31.5 Å². The van der Waals surface area contributed by atoms with E-state index in [4.69, 9.17) is 13.9 Å². The molecular formula is C23H30N6O4S. The van der Waals surface area contributed by atoms with Gasteiger partial charge < -0.3 is 29.0 Å². The smallest absolute Gasteiger partial charge is 0.299 e. The van der Waals surface area contributed by atoms with Crippen LogP contribution in [0, 0.1) is 0 Å². The summed E-state index contributed by atoms with van der Waals surface area (Å²) in [5, 5.41) is 3.64.